The molecule has 102 valence electrons. The van der Waals surface area contributed by atoms with Crippen LogP contribution in [0.5, 0.6) is 5.75 Å². The van der Waals surface area contributed by atoms with Gasteiger partial charge in [0.25, 0.3) is 0 Å². The predicted molar refractivity (Wildman–Crippen MR) is 74.7 cm³/mol. The van der Waals surface area contributed by atoms with E-state index in [4.69, 9.17) is 10.00 Å². The van der Waals surface area contributed by atoms with Gasteiger partial charge in [0.15, 0.2) is 11.6 Å². The van der Waals surface area contributed by atoms with Gasteiger partial charge in [-0.3, -0.25) is 0 Å². The summed E-state index contributed by atoms with van der Waals surface area (Å²) in [6.45, 7) is 0.778. The van der Waals surface area contributed by atoms with Crippen LogP contribution in [-0.2, 0) is 13.2 Å². The highest BCUT2D eigenvalue weighted by molar-refractivity contribution is 5.37. The van der Waals surface area contributed by atoms with Gasteiger partial charge >= 0.3 is 0 Å². The summed E-state index contributed by atoms with van der Waals surface area (Å²) in [6, 6.07) is 14.1. The molecule has 0 fully saturated rings. The quantitative estimate of drug-likeness (QED) is 0.908. The molecule has 1 N–H and O–H groups in total. The Kier molecular flexibility index (Phi) is 4.70. The molecule has 0 amide bonds. The van der Waals surface area contributed by atoms with Crippen LogP contribution in [0, 0.1) is 17.1 Å². The maximum absolute atomic E-state index is 13.8. The second-order valence-corrected chi connectivity index (χ2v) is 4.35. The number of halogens is 1. The summed E-state index contributed by atoms with van der Waals surface area (Å²) in [7, 11) is 1.81. The van der Waals surface area contributed by atoms with Crippen molar-refractivity contribution in [2.75, 3.05) is 7.05 Å². The molecular weight excluding hydrogens is 255 g/mol. The minimum absolute atomic E-state index is 0.173. The predicted octanol–water partition coefficient (Wildman–Crippen LogP) is 3.00. The summed E-state index contributed by atoms with van der Waals surface area (Å²) in [5, 5.41) is 11.9. The molecule has 0 saturated heterocycles. The first-order chi connectivity index (χ1) is 9.74. The summed E-state index contributed by atoms with van der Waals surface area (Å²) in [5.74, 6) is -0.204. The number of rotatable bonds is 5. The number of benzene rings is 2. The van der Waals surface area contributed by atoms with Crippen molar-refractivity contribution in [3.63, 3.8) is 0 Å². The molecule has 4 heteroatoms. The van der Waals surface area contributed by atoms with E-state index < -0.39 is 5.82 Å². The maximum atomic E-state index is 13.8. The molecule has 0 aliphatic carbocycles. The Bertz CT molecular complexity index is 635. The van der Waals surface area contributed by atoms with Gasteiger partial charge in [-0.05, 0) is 30.8 Å². The van der Waals surface area contributed by atoms with E-state index >= 15 is 0 Å². The van der Waals surface area contributed by atoms with Crippen molar-refractivity contribution < 1.29 is 9.13 Å². The van der Waals surface area contributed by atoms with Crippen LogP contribution in [0.4, 0.5) is 4.39 Å². The number of hydrogen-bond donors (Lipinski definition) is 1. The van der Waals surface area contributed by atoms with Crippen molar-refractivity contribution in [3.05, 3.63) is 65.0 Å². The minimum atomic E-state index is -0.396. The van der Waals surface area contributed by atoms with E-state index in [-0.39, 0.29) is 12.4 Å². The second-order valence-electron chi connectivity index (χ2n) is 4.35. The average molecular weight is 270 g/mol. The molecule has 0 unspecified atom stereocenters. The van der Waals surface area contributed by atoms with E-state index in [9.17, 15) is 4.39 Å². The number of nitriles is 1. The lowest BCUT2D eigenvalue weighted by molar-refractivity contribution is 0.290. The minimum Gasteiger partial charge on any atom is -0.486 e. The second kappa shape index (κ2) is 6.69. The van der Waals surface area contributed by atoms with Gasteiger partial charge in [-0.25, -0.2) is 4.39 Å². The Morgan fingerprint density at radius 2 is 2.05 bits per heavy atom. The van der Waals surface area contributed by atoms with Gasteiger partial charge in [0.05, 0.1) is 11.6 Å². The zero-order valence-corrected chi connectivity index (χ0v) is 11.2. The fraction of sp³-hybridized carbons (Fsp3) is 0.188. The van der Waals surface area contributed by atoms with Crippen molar-refractivity contribution in [3.8, 4) is 11.8 Å². The number of nitrogens with one attached hydrogen (secondary N) is 1. The van der Waals surface area contributed by atoms with Gasteiger partial charge in [-0.15, -0.1) is 0 Å². The van der Waals surface area contributed by atoms with Crippen LogP contribution >= 0.6 is 0 Å². The SMILES string of the molecule is CNCc1ccc(OCc2ccccc2C#N)c(F)c1. The van der Waals surface area contributed by atoms with Crippen molar-refractivity contribution in [1.29, 1.82) is 5.26 Å². The van der Waals surface area contributed by atoms with Gasteiger partial charge < -0.3 is 10.1 Å². The van der Waals surface area contributed by atoms with Gasteiger partial charge in [-0.1, -0.05) is 24.3 Å². The first-order valence-corrected chi connectivity index (χ1v) is 6.28. The molecule has 2 aromatic rings. The third-order valence-electron chi connectivity index (χ3n) is 2.90. The monoisotopic (exact) mass is 270 g/mol. The zero-order chi connectivity index (χ0) is 14.4. The Labute approximate surface area is 117 Å². The smallest absolute Gasteiger partial charge is 0.165 e. The van der Waals surface area contributed by atoms with Crippen LogP contribution in [-0.4, -0.2) is 7.05 Å². The number of hydrogen-bond acceptors (Lipinski definition) is 3. The molecule has 0 aliphatic heterocycles. The van der Waals surface area contributed by atoms with Gasteiger partial charge in [-0.2, -0.15) is 5.26 Å². The van der Waals surface area contributed by atoms with E-state index in [0.717, 1.165) is 11.1 Å². The van der Waals surface area contributed by atoms with Crippen LogP contribution < -0.4 is 10.1 Å². The van der Waals surface area contributed by atoms with Crippen LogP contribution in [0.1, 0.15) is 16.7 Å². The Morgan fingerprint density at radius 3 is 2.75 bits per heavy atom. The molecular formula is C16H15FN2O. The highest BCUT2D eigenvalue weighted by atomic mass is 19.1. The molecule has 0 atom stereocenters. The fourth-order valence-electron chi connectivity index (χ4n) is 1.89. The van der Waals surface area contributed by atoms with Crippen molar-refractivity contribution in [2.24, 2.45) is 0 Å². The Morgan fingerprint density at radius 1 is 1.25 bits per heavy atom. The largest absolute Gasteiger partial charge is 0.486 e. The van der Waals surface area contributed by atoms with E-state index in [1.54, 1.807) is 31.3 Å². The topological polar surface area (TPSA) is 45.0 Å². The van der Waals surface area contributed by atoms with E-state index in [1.807, 2.05) is 12.1 Å². The standard InChI is InChI=1S/C16H15FN2O/c1-19-10-12-6-7-16(15(17)8-12)20-11-14-5-3-2-4-13(14)9-18/h2-8,19H,10-11H2,1H3. The summed E-state index contributed by atoms with van der Waals surface area (Å²) >= 11 is 0. The zero-order valence-electron chi connectivity index (χ0n) is 11.2. The summed E-state index contributed by atoms with van der Waals surface area (Å²) in [4.78, 5) is 0. The van der Waals surface area contributed by atoms with E-state index in [0.29, 0.717) is 12.1 Å². The maximum Gasteiger partial charge on any atom is 0.165 e. The molecule has 0 aromatic heterocycles. The van der Waals surface area contributed by atoms with E-state index in [1.165, 1.54) is 6.07 Å². The fourth-order valence-corrected chi connectivity index (χ4v) is 1.89. The van der Waals surface area contributed by atoms with E-state index in [2.05, 4.69) is 11.4 Å². The number of ether oxygens (including phenoxy) is 1. The highest BCUT2D eigenvalue weighted by Gasteiger charge is 2.07. The van der Waals surface area contributed by atoms with Crippen LogP contribution in [0.3, 0.4) is 0 Å². The van der Waals surface area contributed by atoms with Crippen LogP contribution in [0.2, 0.25) is 0 Å². The molecule has 2 rings (SSSR count). The van der Waals surface area contributed by atoms with Gasteiger partial charge in [0, 0.05) is 12.1 Å². The van der Waals surface area contributed by atoms with Crippen molar-refractivity contribution in [1.82, 2.24) is 5.32 Å². The Hall–Kier alpha value is -2.38. The molecule has 0 spiro atoms. The molecule has 0 radical (unpaired) electrons. The highest BCUT2D eigenvalue weighted by Crippen LogP contribution is 2.20. The third kappa shape index (κ3) is 3.34. The Balaban J connectivity index is 2.09. The lowest BCUT2D eigenvalue weighted by Crippen LogP contribution is -2.06. The molecule has 0 bridgehead atoms. The van der Waals surface area contributed by atoms with Crippen molar-refractivity contribution in [2.45, 2.75) is 13.2 Å². The van der Waals surface area contributed by atoms with Crippen molar-refractivity contribution >= 4 is 0 Å². The van der Waals surface area contributed by atoms with Gasteiger partial charge in [0.1, 0.15) is 6.61 Å². The first-order valence-electron chi connectivity index (χ1n) is 6.28. The van der Waals surface area contributed by atoms with Crippen LogP contribution in [0.25, 0.3) is 0 Å². The lowest BCUT2D eigenvalue weighted by Gasteiger charge is -2.09. The molecule has 0 heterocycles. The van der Waals surface area contributed by atoms with Gasteiger partial charge in [0.2, 0.25) is 0 Å². The first kappa shape index (κ1) is 14.0. The normalized spacial score (nSPS) is 10.1. The number of nitrogens with zero attached hydrogens (tertiary/aromatic N) is 1. The molecule has 2 aromatic carbocycles. The molecule has 0 saturated carbocycles. The third-order valence-corrected chi connectivity index (χ3v) is 2.90. The summed E-state index contributed by atoms with van der Waals surface area (Å²) in [5.41, 5.74) is 2.14. The molecule has 20 heavy (non-hydrogen) atoms. The molecule has 3 nitrogen and oxygen atoms in total. The lowest BCUT2D eigenvalue weighted by atomic mass is 10.1. The molecule has 0 aliphatic rings. The summed E-state index contributed by atoms with van der Waals surface area (Å²) < 4.78 is 19.3. The van der Waals surface area contributed by atoms with Crippen LogP contribution in [0.15, 0.2) is 42.5 Å². The summed E-state index contributed by atoms with van der Waals surface area (Å²) in [6.07, 6.45) is 0. The average Bonchev–Trinajstić information content (AvgIpc) is 2.47.